The largest absolute Gasteiger partial charge is 0.293 e. The third-order valence-corrected chi connectivity index (χ3v) is 3.34. The number of aromatic nitrogens is 3. The molecule has 0 saturated carbocycles. The number of para-hydroxylation sites is 1. The van der Waals surface area contributed by atoms with Gasteiger partial charge in [0.2, 0.25) is 0 Å². The summed E-state index contributed by atoms with van der Waals surface area (Å²) in [7, 11) is 0. The molecule has 2 aromatic heterocycles. The molecule has 18 heavy (non-hydrogen) atoms. The molecule has 0 aliphatic rings. The molecule has 5 heteroatoms. The number of hydrogen-bond acceptors (Lipinski definition) is 5. The lowest BCUT2D eigenvalue weighted by molar-refractivity contribution is 0.0995. The Kier molecular flexibility index (Phi) is 2.82. The molecule has 0 radical (unpaired) electrons. The summed E-state index contributed by atoms with van der Waals surface area (Å²) < 4.78 is 3.69. The normalized spacial score (nSPS) is 10.7. The molecule has 3 rings (SSSR count). The first-order chi connectivity index (χ1) is 8.83. The Morgan fingerprint density at radius 3 is 2.89 bits per heavy atom. The van der Waals surface area contributed by atoms with E-state index in [0.29, 0.717) is 4.88 Å². The topological polar surface area (TPSA) is 55.7 Å². The number of ketones is 1. The Balaban J connectivity index is 1.89. The minimum Gasteiger partial charge on any atom is -0.293 e. The average Bonchev–Trinajstić information content (AvgIpc) is 2.92. The highest BCUT2D eigenvalue weighted by atomic mass is 32.1. The number of fused-ring (bicyclic) bond motifs is 1. The molecule has 2 heterocycles. The summed E-state index contributed by atoms with van der Waals surface area (Å²) in [5, 5.41) is 4.74. The summed E-state index contributed by atoms with van der Waals surface area (Å²) in [6.07, 6.45) is 1.78. The van der Waals surface area contributed by atoms with Crippen LogP contribution in [-0.4, -0.2) is 20.4 Å². The van der Waals surface area contributed by atoms with Gasteiger partial charge in [-0.15, -0.1) is 5.10 Å². The van der Waals surface area contributed by atoms with Gasteiger partial charge in [-0.2, -0.15) is 0 Å². The molecular formula is C13H9N3OS. The minimum atomic E-state index is 0.00720. The molecule has 0 N–H and O–H groups in total. The molecule has 0 spiro atoms. The zero-order valence-corrected chi connectivity index (χ0v) is 10.2. The minimum absolute atomic E-state index is 0.00720. The van der Waals surface area contributed by atoms with Crippen LogP contribution in [0, 0.1) is 0 Å². The van der Waals surface area contributed by atoms with Gasteiger partial charge < -0.3 is 0 Å². The molecule has 0 aliphatic carbocycles. The van der Waals surface area contributed by atoms with Gasteiger partial charge in [-0.1, -0.05) is 28.8 Å². The van der Waals surface area contributed by atoms with Gasteiger partial charge in [-0.25, -0.2) is 0 Å². The number of nitrogens with zero attached hydrogens (tertiary/aromatic N) is 3. The van der Waals surface area contributed by atoms with Crippen molar-refractivity contribution < 1.29 is 4.79 Å². The van der Waals surface area contributed by atoms with Crippen molar-refractivity contribution in [2.75, 3.05) is 0 Å². The van der Waals surface area contributed by atoms with Crippen LogP contribution < -0.4 is 0 Å². The van der Waals surface area contributed by atoms with Crippen LogP contribution in [0.25, 0.3) is 10.9 Å². The Morgan fingerprint density at radius 1 is 1.17 bits per heavy atom. The highest BCUT2D eigenvalue weighted by molar-refractivity contribution is 7.07. The third-order valence-electron chi connectivity index (χ3n) is 2.63. The van der Waals surface area contributed by atoms with Crippen LogP contribution in [0.2, 0.25) is 0 Å². The summed E-state index contributed by atoms with van der Waals surface area (Å²) in [6, 6.07) is 11.7. The van der Waals surface area contributed by atoms with E-state index in [0.717, 1.165) is 28.1 Å². The lowest BCUT2D eigenvalue weighted by Crippen LogP contribution is -2.03. The Labute approximate surface area is 107 Å². The van der Waals surface area contributed by atoms with Gasteiger partial charge in [0.15, 0.2) is 5.78 Å². The van der Waals surface area contributed by atoms with E-state index in [4.69, 9.17) is 0 Å². The molecule has 88 valence electrons. The van der Waals surface area contributed by atoms with Gasteiger partial charge in [0.1, 0.15) is 4.88 Å². The van der Waals surface area contributed by atoms with Crippen LogP contribution in [0.15, 0.2) is 42.6 Å². The Morgan fingerprint density at radius 2 is 2.06 bits per heavy atom. The first kappa shape index (κ1) is 11.0. The molecule has 1 aromatic carbocycles. The molecule has 3 aromatic rings. The van der Waals surface area contributed by atoms with E-state index in [-0.39, 0.29) is 12.2 Å². The summed E-state index contributed by atoms with van der Waals surface area (Å²) in [4.78, 5) is 16.9. The molecule has 0 fully saturated rings. The number of rotatable bonds is 3. The highest BCUT2D eigenvalue weighted by Gasteiger charge is 2.10. The second-order valence-corrected chi connectivity index (χ2v) is 4.66. The number of pyridine rings is 1. The fourth-order valence-electron chi connectivity index (χ4n) is 1.75. The second kappa shape index (κ2) is 4.62. The van der Waals surface area contributed by atoms with Crippen molar-refractivity contribution in [2.45, 2.75) is 6.42 Å². The van der Waals surface area contributed by atoms with Crippen LogP contribution in [0.5, 0.6) is 0 Å². The summed E-state index contributed by atoms with van der Waals surface area (Å²) >= 11 is 1.12. The second-order valence-electron chi connectivity index (χ2n) is 3.88. The van der Waals surface area contributed by atoms with Crippen molar-refractivity contribution in [2.24, 2.45) is 0 Å². The predicted octanol–water partition coefficient (Wildman–Crippen LogP) is 2.51. The standard InChI is InChI=1S/C13H9N3OS/c17-12(13-8-14-16-18-13)7-10-6-5-9-3-1-2-4-11(9)15-10/h1-6,8H,7H2. The zero-order valence-electron chi connectivity index (χ0n) is 9.41. The van der Waals surface area contributed by atoms with Crippen LogP contribution in [0.3, 0.4) is 0 Å². The molecule has 0 amide bonds. The molecule has 0 atom stereocenters. The highest BCUT2D eigenvalue weighted by Crippen LogP contribution is 2.14. The average molecular weight is 255 g/mol. The number of carbonyl (C=O) groups excluding carboxylic acids is 1. The SMILES string of the molecule is O=C(Cc1ccc2ccccc2n1)c1cnns1. The third kappa shape index (κ3) is 2.12. The molecule has 0 unspecified atom stereocenters. The summed E-state index contributed by atoms with van der Waals surface area (Å²) in [6.45, 7) is 0. The first-order valence-corrected chi connectivity index (χ1v) is 6.25. The van der Waals surface area contributed by atoms with Gasteiger partial charge in [-0.05, 0) is 23.7 Å². The van der Waals surface area contributed by atoms with Crippen molar-refractivity contribution in [3.05, 3.63) is 53.2 Å². The van der Waals surface area contributed by atoms with Gasteiger partial charge in [0.05, 0.1) is 18.1 Å². The fourth-order valence-corrected chi connectivity index (χ4v) is 2.20. The van der Waals surface area contributed by atoms with E-state index in [9.17, 15) is 4.79 Å². The van der Waals surface area contributed by atoms with Gasteiger partial charge >= 0.3 is 0 Å². The van der Waals surface area contributed by atoms with Crippen molar-refractivity contribution in [3.63, 3.8) is 0 Å². The lowest BCUT2D eigenvalue weighted by Gasteiger charge is -2.01. The van der Waals surface area contributed by atoms with E-state index < -0.39 is 0 Å². The summed E-state index contributed by atoms with van der Waals surface area (Å²) in [5.41, 5.74) is 1.68. The van der Waals surface area contributed by atoms with E-state index in [1.807, 2.05) is 36.4 Å². The van der Waals surface area contributed by atoms with Crippen molar-refractivity contribution in [1.82, 2.24) is 14.6 Å². The van der Waals surface area contributed by atoms with Crippen LogP contribution in [-0.2, 0) is 6.42 Å². The lowest BCUT2D eigenvalue weighted by atomic mass is 10.1. The molecule has 4 nitrogen and oxygen atoms in total. The quantitative estimate of drug-likeness (QED) is 0.675. The Hall–Kier alpha value is -2.14. The Bertz CT molecular complexity index is 694. The molecule has 0 saturated heterocycles. The number of hydrogen-bond donors (Lipinski definition) is 0. The first-order valence-electron chi connectivity index (χ1n) is 5.48. The maximum atomic E-state index is 11.9. The summed E-state index contributed by atoms with van der Waals surface area (Å²) in [5.74, 6) is 0.00720. The van der Waals surface area contributed by atoms with E-state index in [1.165, 1.54) is 6.20 Å². The van der Waals surface area contributed by atoms with E-state index in [2.05, 4.69) is 14.6 Å². The van der Waals surface area contributed by atoms with Gasteiger partial charge in [0.25, 0.3) is 0 Å². The fraction of sp³-hybridized carbons (Fsp3) is 0.0769. The van der Waals surface area contributed by atoms with Crippen LogP contribution in [0.1, 0.15) is 15.4 Å². The smallest absolute Gasteiger partial charge is 0.181 e. The van der Waals surface area contributed by atoms with Crippen LogP contribution in [0.4, 0.5) is 0 Å². The van der Waals surface area contributed by atoms with Gasteiger partial charge in [-0.3, -0.25) is 9.78 Å². The molecule has 0 aliphatic heterocycles. The maximum absolute atomic E-state index is 11.9. The zero-order chi connectivity index (χ0) is 12.4. The molecular weight excluding hydrogens is 246 g/mol. The van der Waals surface area contributed by atoms with Gasteiger partial charge in [0, 0.05) is 11.1 Å². The van der Waals surface area contributed by atoms with Crippen molar-refractivity contribution in [3.8, 4) is 0 Å². The van der Waals surface area contributed by atoms with Crippen molar-refractivity contribution in [1.29, 1.82) is 0 Å². The van der Waals surface area contributed by atoms with Crippen LogP contribution >= 0.6 is 11.5 Å². The van der Waals surface area contributed by atoms with E-state index >= 15 is 0 Å². The number of Topliss-reactive ketones (excluding diaryl/α,β-unsaturated/α-hetero) is 1. The number of carbonyl (C=O) groups is 1. The molecule has 0 bridgehead atoms. The van der Waals surface area contributed by atoms with E-state index in [1.54, 1.807) is 0 Å². The maximum Gasteiger partial charge on any atom is 0.181 e. The van der Waals surface area contributed by atoms with Crippen molar-refractivity contribution >= 4 is 28.2 Å². The predicted molar refractivity (Wildman–Crippen MR) is 69.7 cm³/mol. The monoisotopic (exact) mass is 255 g/mol. The number of benzene rings is 1.